The molecule has 1 aliphatic rings. The smallest absolute Gasteiger partial charge is 0.122 e. The summed E-state index contributed by atoms with van der Waals surface area (Å²) in [4.78, 5) is 2.87. The van der Waals surface area contributed by atoms with E-state index < -0.39 is 0 Å². The Hall–Kier alpha value is -1.67. The fraction of sp³-hybridized carbons (Fsp3) is 0.455. The lowest BCUT2D eigenvalue weighted by Crippen LogP contribution is -2.17. The molecule has 0 unspecified atom stereocenters. The van der Waals surface area contributed by atoms with E-state index in [0.29, 0.717) is 0 Å². The molecule has 0 aromatic heterocycles. The second-order valence-corrected chi connectivity index (χ2v) is 3.70. The van der Waals surface area contributed by atoms with Gasteiger partial charge in [-0.25, -0.2) is 0 Å². The molecule has 2 rings (SSSR count). The number of fused-ring (bicyclic) bond motifs is 1. The number of hydrogen-bond donors (Lipinski definition) is 0. The molecule has 0 radical (unpaired) electrons. The average molecular weight is 203 g/mol. The van der Waals surface area contributed by atoms with Crippen molar-refractivity contribution in [2.45, 2.75) is 25.3 Å². The lowest BCUT2D eigenvalue weighted by molar-refractivity contribution is 0.404. The number of azide groups is 1. The van der Waals surface area contributed by atoms with E-state index in [2.05, 4.69) is 16.1 Å². The first-order valence-corrected chi connectivity index (χ1v) is 5.04. The number of methoxy groups -OCH3 is 1. The summed E-state index contributed by atoms with van der Waals surface area (Å²) in [5.41, 5.74) is 10.9. The van der Waals surface area contributed by atoms with Crippen LogP contribution < -0.4 is 4.74 Å². The molecule has 15 heavy (non-hydrogen) atoms. The lowest BCUT2D eigenvalue weighted by Gasteiger charge is -2.22. The van der Waals surface area contributed by atoms with Crippen LogP contribution in [0.4, 0.5) is 0 Å². The lowest BCUT2D eigenvalue weighted by atomic mass is 9.88. The second-order valence-electron chi connectivity index (χ2n) is 3.70. The van der Waals surface area contributed by atoms with Crippen LogP contribution in [0.3, 0.4) is 0 Å². The van der Waals surface area contributed by atoms with E-state index in [0.717, 1.165) is 25.0 Å². The molecule has 0 N–H and O–H groups in total. The highest BCUT2D eigenvalue weighted by Gasteiger charge is 2.19. The van der Waals surface area contributed by atoms with Crippen molar-refractivity contribution < 1.29 is 4.74 Å². The van der Waals surface area contributed by atoms with Crippen molar-refractivity contribution in [2.24, 2.45) is 5.11 Å². The van der Waals surface area contributed by atoms with Gasteiger partial charge in [-0.15, -0.1) is 0 Å². The van der Waals surface area contributed by atoms with Gasteiger partial charge in [0.15, 0.2) is 0 Å². The van der Waals surface area contributed by atoms with Crippen LogP contribution in [-0.4, -0.2) is 13.2 Å². The molecule has 0 amide bonds. The third kappa shape index (κ3) is 1.90. The van der Waals surface area contributed by atoms with Crippen molar-refractivity contribution in [2.75, 3.05) is 7.11 Å². The Morgan fingerprint density at radius 1 is 1.53 bits per heavy atom. The molecule has 1 aromatic carbocycles. The first kappa shape index (κ1) is 9.87. The molecule has 4 heteroatoms. The maximum absolute atomic E-state index is 8.40. The summed E-state index contributed by atoms with van der Waals surface area (Å²) in [6.07, 6.45) is 2.68. The topological polar surface area (TPSA) is 58.0 Å². The van der Waals surface area contributed by atoms with E-state index in [-0.39, 0.29) is 6.04 Å². The molecule has 0 bridgehead atoms. The van der Waals surface area contributed by atoms with E-state index in [4.69, 9.17) is 10.3 Å². The van der Waals surface area contributed by atoms with Crippen LogP contribution in [0.25, 0.3) is 10.4 Å². The Kier molecular flexibility index (Phi) is 2.79. The molecule has 0 saturated carbocycles. The highest BCUT2D eigenvalue weighted by Crippen LogP contribution is 2.30. The number of nitrogens with zero attached hydrogens (tertiary/aromatic N) is 3. The fourth-order valence-electron chi connectivity index (χ4n) is 2.12. The van der Waals surface area contributed by atoms with Crippen LogP contribution in [0.15, 0.2) is 23.3 Å². The molecule has 1 atom stereocenters. The Morgan fingerprint density at radius 3 is 3.13 bits per heavy atom. The zero-order chi connectivity index (χ0) is 10.7. The largest absolute Gasteiger partial charge is 0.496 e. The molecular weight excluding hydrogens is 190 g/mol. The van der Waals surface area contributed by atoms with Crippen LogP contribution in [0, 0.1) is 0 Å². The van der Waals surface area contributed by atoms with Crippen molar-refractivity contribution in [1.29, 1.82) is 0 Å². The molecule has 0 spiro atoms. The molecule has 0 aliphatic heterocycles. The summed E-state index contributed by atoms with van der Waals surface area (Å²) < 4.78 is 5.30. The summed E-state index contributed by atoms with van der Waals surface area (Å²) >= 11 is 0. The summed E-state index contributed by atoms with van der Waals surface area (Å²) in [6.45, 7) is 0. The van der Waals surface area contributed by atoms with E-state index in [1.54, 1.807) is 7.11 Å². The highest BCUT2D eigenvalue weighted by molar-refractivity contribution is 5.42. The number of rotatable bonds is 2. The minimum atomic E-state index is 0.106. The van der Waals surface area contributed by atoms with E-state index in [9.17, 15) is 0 Å². The van der Waals surface area contributed by atoms with Crippen molar-refractivity contribution >= 4 is 0 Å². The summed E-state index contributed by atoms with van der Waals surface area (Å²) in [5.74, 6) is 0.951. The Morgan fingerprint density at radius 2 is 2.40 bits per heavy atom. The zero-order valence-electron chi connectivity index (χ0n) is 8.68. The molecule has 1 aromatic rings. The van der Waals surface area contributed by atoms with Gasteiger partial charge in [0, 0.05) is 11.0 Å². The Bertz CT molecular complexity index is 410. The fourth-order valence-corrected chi connectivity index (χ4v) is 2.12. The van der Waals surface area contributed by atoms with Crippen LogP contribution in [0.5, 0.6) is 5.75 Å². The van der Waals surface area contributed by atoms with Crippen molar-refractivity contribution in [3.63, 3.8) is 0 Å². The van der Waals surface area contributed by atoms with Gasteiger partial charge >= 0.3 is 0 Å². The Labute approximate surface area is 88.5 Å². The molecule has 0 saturated heterocycles. The van der Waals surface area contributed by atoms with Gasteiger partial charge in [0.05, 0.1) is 7.11 Å². The predicted molar refractivity (Wildman–Crippen MR) is 58.0 cm³/mol. The minimum Gasteiger partial charge on any atom is -0.496 e. The van der Waals surface area contributed by atoms with Crippen molar-refractivity contribution in [1.82, 2.24) is 0 Å². The van der Waals surface area contributed by atoms with Gasteiger partial charge in [-0.1, -0.05) is 17.2 Å². The van der Waals surface area contributed by atoms with Gasteiger partial charge in [-0.05, 0) is 42.0 Å². The normalized spacial score (nSPS) is 18.9. The second kappa shape index (κ2) is 4.24. The average Bonchev–Trinajstić information content (AvgIpc) is 2.28. The molecule has 0 fully saturated rings. The van der Waals surface area contributed by atoms with Crippen LogP contribution in [0.1, 0.15) is 17.5 Å². The first-order chi connectivity index (χ1) is 7.35. The predicted octanol–water partition coefficient (Wildman–Crippen LogP) is 2.86. The van der Waals surface area contributed by atoms with Crippen molar-refractivity contribution in [3.05, 3.63) is 39.8 Å². The number of hydrogen-bond acceptors (Lipinski definition) is 2. The van der Waals surface area contributed by atoms with Gasteiger partial charge < -0.3 is 4.74 Å². The third-order valence-corrected chi connectivity index (χ3v) is 2.85. The maximum Gasteiger partial charge on any atom is 0.122 e. The van der Waals surface area contributed by atoms with Gasteiger partial charge in [-0.2, -0.15) is 0 Å². The van der Waals surface area contributed by atoms with Crippen LogP contribution >= 0.6 is 0 Å². The SMILES string of the molecule is COc1cccc2c1CC[C@H](N=[N+]=[N-])C2. The van der Waals surface area contributed by atoms with Gasteiger partial charge in [0.25, 0.3) is 0 Å². The monoisotopic (exact) mass is 203 g/mol. The molecular formula is C11H13N3O. The molecule has 4 nitrogen and oxygen atoms in total. The number of benzene rings is 1. The van der Waals surface area contributed by atoms with E-state index in [1.165, 1.54) is 11.1 Å². The summed E-state index contributed by atoms with van der Waals surface area (Å²) in [7, 11) is 1.69. The molecule has 0 heterocycles. The minimum absolute atomic E-state index is 0.106. The highest BCUT2D eigenvalue weighted by atomic mass is 16.5. The maximum atomic E-state index is 8.40. The summed E-state index contributed by atoms with van der Waals surface area (Å²) in [6, 6.07) is 6.15. The third-order valence-electron chi connectivity index (χ3n) is 2.85. The van der Waals surface area contributed by atoms with Crippen molar-refractivity contribution in [3.8, 4) is 5.75 Å². The molecule has 1 aliphatic carbocycles. The zero-order valence-corrected chi connectivity index (χ0v) is 8.68. The van der Waals surface area contributed by atoms with Crippen LogP contribution in [0.2, 0.25) is 0 Å². The Balaban J connectivity index is 2.31. The first-order valence-electron chi connectivity index (χ1n) is 5.04. The standard InChI is InChI=1S/C11H13N3O/c1-15-11-4-2-3-8-7-9(13-14-12)5-6-10(8)11/h2-4,9H,5-7H2,1H3/t9-/m0/s1. The quantitative estimate of drug-likeness (QED) is 0.414. The number of ether oxygens (including phenoxy) is 1. The van der Waals surface area contributed by atoms with E-state index >= 15 is 0 Å². The van der Waals surface area contributed by atoms with E-state index in [1.807, 2.05) is 12.1 Å². The summed E-state index contributed by atoms with van der Waals surface area (Å²) in [5, 5.41) is 3.78. The van der Waals surface area contributed by atoms with Gasteiger partial charge in [-0.3, -0.25) is 0 Å². The van der Waals surface area contributed by atoms with Gasteiger partial charge in [0.1, 0.15) is 5.75 Å². The molecule has 78 valence electrons. The van der Waals surface area contributed by atoms with Gasteiger partial charge in [0.2, 0.25) is 0 Å². The van der Waals surface area contributed by atoms with Crippen LogP contribution in [-0.2, 0) is 12.8 Å².